The monoisotopic (exact) mass is 343 g/mol. The summed E-state index contributed by atoms with van der Waals surface area (Å²) in [6, 6.07) is 12.6. The third-order valence-corrected chi connectivity index (χ3v) is 5.02. The molecule has 0 aliphatic heterocycles. The number of thiophene rings is 1. The van der Waals surface area contributed by atoms with Crippen molar-refractivity contribution in [3.05, 3.63) is 70.9 Å². The minimum Gasteiger partial charge on any atom is -0.275 e. The van der Waals surface area contributed by atoms with Gasteiger partial charge in [0.1, 0.15) is 0 Å². The topological polar surface area (TPSA) is 30.7 Å². The van der Waals surface area contributed by atoms with Gasteiger partial charge in [0.2, 0.25) is 0 Å². The van der Waals surface area contributed by atoms with Crippen LogP contribution in [-0.4, -0.2) is 14.8 Å². The third-order valence-electron chi connectivity index (χ3n) is 4.10. The highest BCUT2D eigenvalue weighted by atomic mass is 32.1. The van der Waals surface area contributed by atoms with Crippen LogP contribution in [0.5, 0.6) is 0 Å². The molecular weight excluding hydrogens is 326 g/mol. The number of hydrogen-bond acceptors (Lipinski definition) is 3. The molecule has 0 spiro atoms. The Morgan fingerprint density at radius 2 is 2.00 bits per heavy atom. The number of aromatic nitrogens is 3. The summed E-state index contributed by atoms with van der Waals surface area (Å²) in [6.07, 6.45) is 4.65. The number of fused-ring (bicyclic) bond motifs is 1. The fraction of sp³-hybridized carbons (Fsp3) is 0.143. The summed E-state index contributed by atoms with van der Waals surface area (Å²) >= 11 is 1.70. The Morgan fingerprint density at radius 3 is 2.72 bits per heavy atom. The lowest BCUT2D eigenvalue weighted by molar-refractivity contribution is 0.767. The van der Waals surface area contributed by atoms with Gasteiger partial charge in [0, 0.05) is 24.2 Å². The van der Waals surface area contributed by atoms with Crippen LogP contribution < -0.4 is 0 Å². The van der Waals surface area contributed by atoms with E-state index >= 15 is 0 Å². The zero-order valence-electron chi connectivity index (χ0n) is 14.2. The van der Waals surface area contributed by atoms with Crippen molar-refractivity contribution in [1.29, 1.82) is 0 Å². The van der Waals surface area contributed by atoms with Gasteiger partial charge in [-0.3, -0.25) is 4.68 Å². The molecule has 0 N–H and O–H groups in total. The van der Waals surface area contributed by atoms with Gasteiger partial charge in [0.05, 0.1) is 33.2 Å². The fourth-order valence-electron chi connectivity index (χ4n) is 2.82. The maximum Gasteiger partial charge on any atom is 0.0974 e. The second-order valence-electron chi connectivity index (χ2n) is 5.86. The quantitative estimate of drug-likeness (QED) is 0.496. The standard InChI is InChI=1S/C21H17N3S/c1-3-16-11-19-21(23-20(16)17-7-5-4-6-8-17)18(14-25-19)10-9-15-12-22-24(2)13-15/h4-8,11-14H,3H2,1-2H3. The van der Waals surface area contributed by atoms with E-state index in [4.69, 9.17) is 4.98 Å². The van der Waals surface area contributed by atoms with Crippen molar-refractivity contribution in [2.45, 2.75) is 13.3 Å². The Bertz CT molecular complexity index is 1090. The van der Waals surface area contributed by atoms with E-state index in [2.05, 4.69) is 59.6 Å². The Kier molecular flexibility index (Phi) is 4.09. The molecule has 4 rings (SSSR count). The lowest BCUT2D eigenvalue weighted by Crippen LogP contribution is -1.92. The molecule has 4 aromatic rings. The van der Waals surface area contributed by atoms with Gasteiger partial charge in [-0.1, -0.05) is 49.1 Å². The van der Waals surface area contributed by atoms with Crippen molar-refractivity contribution < 1.29 is 0 Å². The number of rotatable bonds is 2. The van der Waals surface area contributed by atoms with E-state index in [1.807, 2.05) is 19.3 Å². The summed E-state index contributed by atoms with van der Waals surface area (Å²) in [4.78, 5) is 4.98. The molecule has 4 heteroatoms. The molecule has 0 atom stereocenters. The second kappa shape index (κ2) is 6.54. The number of benzene rings is 1. The number of nitrogens with zero attached hydrogens (tertiary/aromatic N) is 3. The Morgan fingerprint density at radius 1 is 1.16 bits per heavy atom. The molecule has 3 heterocycles. The molecular formula is C21H17N3S. The molecule has 25 heavy (non-hydrogen) atoms. The van der Waals surface area contributed by atoms with Gasteiger partial charge in [-0.05, 0) is 18.1 Å². The summed E-state index contributed by atoms with van der Waals surface area (Å²) in [6.45, 7) is 2.17. The molecule has 0 fully saturated rings. The van der Waals surface area contributed by atoms with E-state index in [0.29, 0.717) is 0 Å². The van der Waals surface area contributed by atoms with Gasteiger partial charge in [-0.2, -0.15) is 5.10 Å². The normalized spacial score (nSPS) is 10.6. The van der Waals surface area contributed by atoms with Gasteiger partial charge in [-0.25, -0.2) is 4.98 Å². The van der Waals surface area contributed by atoms with Crippen LogP contribution in [-0.2, 0) is 13.5 Å². The Hall–Kier alpha value is -2.90. The van der Waals surface area contributed by atoms with Crippen molar-refractivity contribution >= 4 is 21.6 Å². The number of aryl methyl sites for hydroxylation is 2. The Labute approximate surface area is 151 Å². The van der Waals surface area contributed by atoms with Crippen LogP contribution in [0.1, 0.15) is 23.6 Å². The predicted octanol–water partition coefficient (Wildman–Crippen LogP) is 4.66. The highest BCUT2D eigenvalue weighted by Gasteiger charge is 2.11. The molecule has 0 saturated heterocycles. The lowest BCUT2D eigenvalue weighted by Gasteiger charge is -2.07. The molecule has 0 bridgehead atoms. The zero-order valence-corrected chi connectivity index (χ0v) is 15.0. The molecule has 0 radical (unpaired) electrons. The van der Waals surface area contributed by atoms with Crippen molar-refractivity contribution in [2.75, 3.05) is 0 Å². The third kappa shape index (κ3) is 3.07. The number of pyridine rings is 1. The molecule has 0 aliphatic carbocycles. The molecule has 3 nitrogen and oxygen atoms in total. The first kappa shape index (κ1) is 15.6. The van der Waals surface area contributed by atoms with Crippen LogP contribution in [0.25, 0.3) is 21.5 Å². The van der Waals surface area contributed by atoms with Gasteiger partial charge in [-0.15, -0.1) is 11.3 Å². The summed E-state index contributed by atoms with van der Waals surface area (Å²) < 4.78 is 2.95. The first-order chi connectivity index (χ1) is 12.2. The maximum atomic E-state index is 4.98. The predicted molar refractivity (Wildman–Crippen MR) is 104 cm³/mol. The van der Waals surface area contributed by atoms with Crippen molar-refractivity contribution in [1.82, 2.24) is 14.8 Å². The summed E-state index contributed by atoms with van der Waals surface area (Å²) in [5.74, 6) is 6.44. The Balaban J connectivity index is 1.84. The van der Waals surface area contributed by atoms with E-state index in [-0.39, 0.29) is 0 Å². The average molecular weight is 343 g/mol. The van der Waals surface area contributed by atoms with E-state index < -0.39 is 0 Å². The van der Waals surface area contributed by atoms with Gasteiger partial charge >= 0.3 is 0 Å². The summed E-state index contributed by atoms with van der Waals surface area (Å²) in [5.41, 5.74) is 6.35. The first-order valence-electron chi connectivity index (χ1n) is 8.22. The minimum absolute atomic E-state index is 0.912. The summed E-state index contributed by atoms with van der Waals surface area (Å²) in [5, 5.41) is 6.25. The largest absolute Gasteiger partial charge is 0.275 e. The van der Waals surface area contributed by atoms with Crippen molar-refractivity contribution in [3.63, 3.8) is 0 Å². The summed E-state index contributed by atoms with van der Waals surface area (Å²) in [7, 11) is 1.89. The smallest absolute Gasteiger partial charge is 0.0974 e. The number of hydrogen-bond donors (Lipinski definition) is 0. The van der Waals surface area contributed by atoms with Crippen LogP contribution >= 0.6 is 11.3 Å². The van der Waals surface area contributed by atoms with Crippen LogP contribution in [0, 0.1) is 11.8 Å². The second-order valence-corrected chi connectivity index (χ2v) is 6.78. The van der Waals surface area contributed by atoms with Crippen LogP contribution in [0.3, 0.4) is 0 Å². The molecule has 0 saturated carbocycles. The molecule has 1 aromatic carbocycles. The van der Waals surface area contributed by atoms with Crippen LogP contribution in [0.4, 0.5) is 0 Å². The fourth-order valence-corrected chi connectivity index (χ4v) is 3.72. The van der Waals surface area contributed by atoms with Crippen molar-refractivity contribution in [2.24, 2.45) is 7.05 Å². The molecule has 3 aromatic heterocycles. The van der Waals surface area contributed by atoms with Crippen LogP contribution in [0.2, 0.25) is 0 Å². The zero-order chi connectivity index (χ0) is 17.2. The SMILES string of the molecule is CCc1cc2scc(C#Cc3cnn(C)c3)c2nc1-c1ccccc1. The molecule has 0 unspecified atom stereocenters. The van der Waals surface area contributed by atoms with E-state index in [1.165, 1.54) is 10.3 Å². The van der Waals surface area contributed by atoms with Gasteiger partial charge < -0.3 is 0 Å². The van der Waals surface area contributed by atoms with E-state index in [1.54, 1.807) is 22.2 Å². The highest BCUT2D eigenvalue weighted by Crippen LogP contribution is 2.31. The van der Waals surface area contributed by atoms with Gasteiger partial charge in [0.25, 0.3) is 0 Å². The molecule has 0 aliphatic rings. The highest BCUT2D eigenvalue weighted by molar-refractivity contribution is 7.17. The van der Waals surface area contributed by atoms with E-state index in [0.717, 1.165) is 34.3 Å². The minimum atomic E-state index is 0.912. The maximum absolute atomic E-state index is 4.98. The molecule has 122 valence electrons. The average Bonchev–Trinajstić information content (AvgIpc) is 3.25. The molecule has 0 amide bonds. The van der Waals surface area contributed by atoms with Crippen LogP contribution in [0.15, 0.2) is 54.2 Å². The lowest BCUT2D eigenvalue weighted by atomic mass is 10.0. The first-order valence-corrected chi connectivity index (χ1v) is 9.10. The van der Waals surface area contributed by atoms with E-state index in [9.17, 15) is 0 Å². The van der Waals surface area contributed by atoms with Crippen molar-refractivity contribution in [3.8, 4) is 23.1 Å². The van der Waals surface area contributed by atoms with Gasteiger partial charge in [0.15, 0.2) is 0 Å².